The molecule has 0 aromatic rings. The van der Waals surface area contributed by atoms with E-state index in [0.29, 0.717) is 13.0 Å². The molecule has 0 aromatic heterocycles. The van der Waals surface area contributed by atoms with E-state index in [9.17, 15) is 9.59 Å². The summed E-state index contributed by atoms with van der Waals surface area (Å²) in [4.78, 5) is 24.5. The van der Waals surface area contributed by atoms with Gasteiger partial charge in [0.1, 0.15) is 6.04 Å². The third-order valence-electron chi connectivity index (χ3n) is 2.90. The molecular formula is C11H20N2O4. The molecule has 1 rings (SSSR count). The van der Waals surface area contributed by atoms with Crippen molar-refractivity contribution in [3.8, 4) is 0 Å². The Morgan fingerprint density at radius 1 is 1.29 bits per heavy atom. The van der Waals surface area contributed by atoms with Crippen LogP contribution in [-0.2, 0) is 9.59 Å². The number of carbonyl (C=O) groups is 2. The molecule has 3 N–H and O–H groups in total. The molecule has 1 aliphatic heterocycles. The summed E-state index contributed by atoms with van der Waals surface area (Å²) < 4.78 is 0. The summed E-state index contributed by atoms with van der Waals surface area (Å²) in [6.07, 6.45) is 2.70. The van der Waals surface area contributed by atoms with Gasteiger partial charge in [-0.1, -0.05) is 0 Å². The molecule has 0 aliphatic carbocycles. The second kappa shape index (κ2) is 7.24. The molecule has 0 bridgehead atoms. The van der Waals surface area contributed by atoms with Crippen LogP contribution in [-0.4, -0.2) is 59.3 Å². The average molecular weight is 244 g/mol. The second-order valence-electron chi connectivity index (χ2n) is 4.27. The lowest BCUT2D eigenvalue weighted by molar-refractivity contribution is -0.142. The standard InChI is InChI=1S/C11H20N2O4/c14-8-4-9(11(16)17)12-10(15)3-7-13-5-1-2-6-13/h9,14H,1-8H2,(H,12,15)(H,16,17)/t9-/m0/s1. The molecule has 0 aromatic carbocycles. The number of likely N-dealkylation sites (tertiary alicyclic amines) is 1. The van der Waals surface area contributed by atoms with Crippen molar-refractivity contribution in [1.29, 1.82) is 0 Å². The molecule has 1 heterocycles. The summed E-state index contributed by atoms with van der Waals surface area (Å²) in [5.74, 6) is -1.37. The third-order valence-corrected chi connectivity index (χ3v) is 2.90. The number of amides is 1. The van der Waals surface area contributed by atoms with Crippen LogP contribution in [0.1, 0.15) is 25.7 Å². The Morgan fingerprint density at radius 2 is 1.94 bits per heavy atom. The van der Waals surface area contributed by atoms with E-state index in [-0.39, 0.29) is 18.9 Å². The van der Waals surface area contributed by atoms with Gasteiger partial charge < -0.3 is 20.4 Å². The second-order valence-corrected chi connectivity index (χ2v) is 4.27. The Morgan fingerprint density at radius 3 is 2.47 bits per heavy atom. The number of carboxylic acids is 1. The first-order valence-corrected chi connectivity index (χ1v) is 5.99. The summed E-state index contributed by atoms with van der Waals surface area (Å²) in [6, 6.07) is -0.980. The summed E-state index contributed by atoms with van der Waals surface area (Å²) in [7, 11) is 0. The Bertz CT molecular complexity index is 264. The van der Waals surface area contributed by atoms with Crippen LogP contribution in [0.4, 0.5) is 0 Å². The van der Waals surface area contributed by atoms with Gasteiger partial charge in [-0.05, 0) is 25.9 Å². The van der Waals surface area contributed by atoms with Gasteiger partial charge in [0.05, 0.1) is 0 Å². The fraction of sp³-hybridized carbons (Fsp3) is 0.818. The van der Waals surface area contributed by atoms with Gasteiger partial charge in [0.2, 0.25) is 5.91 Å². The van der Waals surface area contributed by atoms with E-state index in [4.69, 9.17) is 10.2 Å². The van der Waals surface area contributed by atoms with Crippen molar-refractivity contribution >= 4 is 11.9 Å². The van der Waals surface area contributed by atoms with Crippen LogP contribution in [0.3, 0.4) is 0 Å². The number of carbonyl (C=O) groups excluding carboxylic acids is 1. The SMILES string of the molecule is O=C(CCN1CCCC1)N[C@@H](CCO)C(=O)O. The third kappa shape index (κ3) is 5.14. The van der Waals surface area contributed by atoms with E-state index >= 15 is 0 Å². The first-order chi connectivity index (χ1) is 8.13. The van der Waals surface area contributed by atoms with E-state index in [1.54, 1.807) is 0 Å². The maximum atomic E-state index is 11.5. The largest absolute Gasteiger partial charge is 0.480 e. The highest BCUT2D eigenvalue weighted by Crippen LogP contribution is 2.07. The van der Waals surface area contributed by atoms with E-state index in [1.165, 1.54) is 12.8 Å². The smallest absolute Gasteiger partial charge is 0.326 e. The number of rotatable bonds is 7. The van der Waals surface area contributed by atoms with Gasteiger partial charge in [0.15, 0.2) is 0 Å². The molecule has 1 fully saturated rings. The number of hydrogen-bond acceptors (Lipinski definition) is 4. The number of aliphatic hydroxyl groups is 1. The van der Waals surface area contributed by atoms with Crippen LogP contribution in [0.15, 0.2) is 0 Å². The van der Waals surface area contributed by atoms with Crippen LogP contribution in [0, 0.1) is 0 Å². The minimum absolute atomic E-state index is 0.0464. The van der Waals surface area contributed by atoms with Crippen molar-refractivity contribution in [2.75, 3.05) is 26.2 Å². The molecule has 0 unspecified atom stereocenters. The Balaban J connectivity index is 2.23. The van der Waals surface area contributed by atoms with E-state index in [2.05, 4.69) is 10.2 Å². The van der Waals surface area contributed by atoms with Crippen molar-refractivity contribution in [3.63, 3.8) is 0 Å². The van der Waals surface area contributed by atoms with Gasteiger partial charge in [-0.3, -0.25) is 4.79 Å². The lowest BCUT2D eigenvalue weighted by Crippen LogP contribution is -2.42. The van der Waals surface area contributed by atoms with Crippen molar-refractivity contribution in [2.45, 2.75) is 31.7 Å². The quantitative estimate of drug-likeness (QED) is 0.557. The molecule has 17 heavy (non-hydrogen) atoms. The van der Waals surface area contributed by atoms with Crippen molar-refractivity contribution in [1.82, 2.24) is 10.2 Å². The number of hydrogen-bond donors (Lipinski definition) is 3. The highest BCUT2D eigenvalue weighted by molar-refractivity contribution is 5.83. The van der Waals surface area contributed by atoms with Gasteiger partial charge in [0.25, 0.3) is 0 Å². The molecule has 1 aliphatic rings. The number of nitrogens with zero attached hydrogens (tertiary/aromatic N) is 1. The van der Waals surface area contributed by atoms with Crippen LogP contribution < -0.4 is 5.32 Å². The van der Waals surface area contributed by atoms with Gasteiger partial charge in [0, 0.05) is 26.0 Å². The maximum absolute atomic E-state index is 11.5. The number of aliphatic carboxylic acids is 1. The Labute approximate surface area is 101 Å². The molecule has 98 valence electrons. The Hall–Kier alpha value is -1.14. The fourth-order valence-electron chi connectivity index (χ4n) is 1.92. The van der Waals surface area contributed by atoms with Crippen LogP contribution in [0.25, 0.3) is 0 Å². The molecule has 0 spiro atoms. The maximum Gasteiger partial charge on any atom is 0.326 e. The minimum Gasteiger partial charge on any atom is -0.480 e. The van der Waals surface area contributed by atoms with Gasteiger partial charge in [-0.15, -0.1) is 0 Å². The molecule has 6 nitrogen and oxygen atoms in total. The monoisotopic (exact) mass is 244 g/mol. The fourth-order valence-corrected chi connectivity index (χ4v) is 1.92. The van der Waals surface area contributed by atoms with E-state index in [1.807, 2.05) is 0 Å². The molecule has 0 saturated carbocycles. The van der Waals surface area contributed by atoms with Gasteiger partial charge >= 0.3 is 5.97 Å². The van der Waals surface area contributed by atoms with Crippen LogP contribution in [0.2, 0.25) is 0 Å². The zero-order valence-corrected chi connectivity index (χ0v) is 9.89. The minimum atomic E-state index is -1.10. The number of carboxylic acid groups (broad SMARTS) is 1. The lowest BCUT2D eigenvalue weighted by Gasteiger charge is -2.16. The van der Waals surface area contributed by atoms with E-state index < -0.39 is 12.0 Å². The van der Waals surface area contributed by atoms with Crippen molar-refractivity contribution in [2.24, 2.45) is 0 Å². The Kier molecular flexibility index (Phi) is 5.93. The number of aliphatic hydroxyl groups excluding tert-OH is 1. The van der Waals surface area contributed by atoms with Crippen molar-refractivity contribution < 1.29 is 19.8 Å². The predicted molar refractivity (Wildman–Crippen MR) is 61.6 cm³/mol. The van der Waals surface area contributed by atoms with Crippen LogP contribution >= 0.6 is 0 Å². The summed E-state index contributed by atoms with van der Waals surface area (Å²) in [5, 5.41) is 19.9. The summed E-state index contributed by atoms with van der Waals surface area (Å²) >= 11 is 0. The number of nitrogens with one attached hydrogen (secondary N) is 1. The summed E-state index contributed by atoms with van der Waals surface area (Å²) in [5.41, 5.74) is 0. The molecule has 0 radical (unpaired) electrons. The summed E-state index contributed by atoms with van der Waals surface area (Å²) in [6.45, 7) is 2.47. The lowest BCUT2D eigenvalue weighted by atomic mass is 10.2. The first kappa shape index (κ1) is 13.9. The van der Waals surface area contributed by atoms with Gasteiger partial charge in [-0.2, -0.15) is 0 Å². The highest BCUT2D eigenvalue weighted by Gasteiger charge is 2.20. The van der Waals surface area contributed by atoms with E-state index in [0.717, 1.165) is 13.1 Å². The molecule has 6 heteroatoms. The zero-order valence-electron chi connectivity index (χ0n) is 9.89. The first-order valence-electron chi connectivity index (χ1n) is 5.99. The average Bonchev–Trinajstić information content (AvgIpc) is 2.78. The predicted octanol–water partition coefficient (Wildman–Crippen LogP) is -0.576. The van der Waals surface area contributed by atoms with Gasteiger partial charge in [-0.25, -0.2) is 4.79 Å². The van der Waals surface area contributed by atoms with Crippen LogP contribution in [0.5, 0.6) is 0 Å². The molecular weight excluding hydrogens is 224 g/mol. The highest BCUT2D eigenvalue weighted by atomic mass is 16.4. The van der Waals surface area contributed by atoms with Crippen molar-refractivity contribution in [3.05, 3.63) is 0 Å². The topological polar surface area (TPSA) is 89.9 Å². The molecule has 1 saturated heterocycles. The molecule has 1 amide bonds. The normalized spacial score (nSPS) is 17.9. The molecule has 1 atom stereocenters. The zero-order chi connectivity index (χ0) is 12.7.